The SMILES string of the molecule is CCN(C)S(=O)(=O)NC(c1cnc2ccccc2c1)C1CC(O)C1. The second kappa shape index (κ2) is 6.76. The fraction of sp³-hybridized carbons (Fsp3) is 0.471. The highest BCUT2D eigenvalue weighted by atomic mass is 32.2. The van der Waals surface area contributed by atoms with E-state index in [2.05, 4.69) is 9.71 Å². The van der Waals surface area contributed by atoms with Crippen molar-refractivity contribution >= 4 is 21.1 Å². The molecule has 24 heavy (non-hydrogen) atoms. The van der Waals surface area contributed by atoms with Gasteiger partial charge in [-0.25, -0.2) is 0 Å². The van der Waals surface area contributed by atoms with Gasteiger partial charge in [0.05, 0.1) is 17.7 Å². The monoisotopic (exact) mass is 349 g/mol. The number of pyridine rings is 1. The lowest BCUT2D eigenvalue weighted by atomic mass is 9.75. The van der Waals surface area contributed by atoms with Crippen LogP contribution in [-0.4, -0.2) is 42.5 Å². The van der Waals surface area contributed by atoms with E-state index in [0.717, 1.165) is 16.5 Å². The summed E-state index contributed by atoms with van der Waals surface area (Å²) in [5.74, 6) is 0.0722. The van der Waals surface area contributed by atoms with Crippen LogP contribution in [0.15, 0.2) is 36.5 Å². The summed E-state index contributed by atoms with van der Waals surface area (Å²) in [5.41, 5.74) is 1.71. The van der Waals surface area contributed by atoms with Crippen LogP contribution in [0.4, 0.5) is 0 Å². The maximum atomic E-state index is 12.5. The van der Waals surface area contributed by atoms with Crippen molar-refractivity contribution < 1.29 is 13.5 Å². The molecule has 2 aromatic rings. The van der Waals surface area contributed by atoms with Crippen LogP contribution in [0, 0.1) is 5.92 Å². The van der Waals surface area contributed by atoms with Crippen LogP contribution in [0.3, 0.4) is 0 Å². The fourth-order valence-electron chi connectivity index (χ4n) is 3.02. The van der Waals surface area contributed by atoms with E-state index in [0.29, 0.717) is 19.4 Å². The molecule has 1 heterocycles. The average molecular weight is 349 g/mol. The molecule has 3 rings (SSSR count). The number of hydrogen-bond donors (Lipinski definition) is 2. The number of aliphatic hydroxyl groups is 1. The number of fused-ring (bicyclic) bond motifs is 1. The van der Waals surface area contributed by atoms with E-state index in [1.165, 1.54) is 4.31 Å². The van der Waals surface area contributed by atoms with E-state index >= 15 is 0 Å². The normalized spacial score (nSPS) is 22.5. The molecule has 0 amide bonds. The summed E-state index contributed by atoms with van der Waals surface area (Å²) < 4.78 is 29.0. The molecule has 0 saturated heterocycles. The highest BCUT2D eigenvalue weighted by Gasteiger charge is 2.37. The molecule has 6 nitrogen and oxygen atoms in total. The highest BCUT2D eigenvalue weighted by Crippen LogP contribution is 2.39. The Bertz CT molecular complexity index is 819. The Morgan fingerprint density at radius 3 is 2.75 bits per heavy atom. The smallest absolute Gasteiger partial charge is 0.279 e. The van der Waals surface area contributed by atoms with Crippen molar-refractivity contribution in [3.05, 3.63) is 42.1 Å². The Morgan fingerprint density at radius 1 is 1.38 bits per heavy atom. The molecular formula is C17H23N3O3S. The summed E-state index contributed by atoms with van der Waals surface area (Å²) >= 11 is 0. The molecule has 0 radical (unpaired) electrons. The summed E-state index contributed by atoms with van der Waals surface area (Å²) in [5, 5.41) is 10.6. The second-order valence-electron chi connectivity index (χ2n) is 6.36. The molecule has 1 aliphatic rings. The van der Waals surface area contributed by atoms with Gasteiger partial charge in [0.2, 0.25) is 0 Å². The molecule has 1 unspecified atom stereocenters. The third-order valence-electron chi connectivity index (χ3n) is 4.72. The first-order valence-corrected chi connectivity index (χ1v) is 9.61. The van der Waals surface area contributed by atoms with Crippen molar-refractivity contribution in [1.29, 1.82) is 0 Å². The lowest BCUT2D eigenvalue weighted by Crippen LogP contribution is -2.45. The zero-order valence-corrected chi connectivity index (χ0v) is 14.7. The lowest BCUT2D eigenvalue weighted by Gasteiger charge is -2.38. The van der Waals surface area contributed by atoms with Gasteiger partial charge >= 0.3 is 0 Å². The number of rotatable bonds is 6. The number of nitrogens with one attached hydrogen (secondary N) is 1. The maximum absolute atomic E-state index is 12.5. The summed E-state index contributed by atoms with van der Waals surface area (Å²) in [7, 11) is -2.03. The van der Waals surface area contributed by atoms with Crippen molar-refractivity contribution in [3.63, 3.8) is 0 Å². The second-order valence-corrected chi connectivity index (χ2v) is 8.17. The predicted molar refractivity (Wildman–Crippen MR) is 93.6 cm³/mol. The quantitative estimate of drug-likeness (QED) is 0.833. The minimum atomic E-state index is -3.58. The highest BCUT2D eigenvalue weighted by molar-refractivity contribution is 7.87. The minimum absolute atomic E-state index is 0.0722. The van der Waals surface area contributed by atoms with Crippen LogP contribution in [0.2, 0.25) is 0 Å². The van der Waals surface area contributed by atoms with Crippen molar-refractivity contribution in [3.8, 4) is 0 Å². The number of para-hydroxylation sites is 1. The predicted octanol–water partition coefficient (Wildman–Crippen LogP) is 1.83. The number of aliphatic hydroxyl groups excluding tert-OH is 1. The molecule has 0 aliphatic heterocycles. The van der Waals surface area contributed by atoms with Crippen LogP contribution in [0.1, 0.15) is 31.4 Å². The van der Waals surface area contributed by atoms with Gasteiger partial charge in [-0.1, -0.05) is 25.1 Å². The van der Waals surface area contributed by atoms with Gasteiger partial charge in [-0.2, -0.15) is 17.4 Å². The Kier molecular flexibility index (Phi) is 4.87. The number of nitrogens with zero attached hydrogens (tertiary/aromatic N) is 2. The van der Waals surface area contributed by atoms with Gasteiger partial charge in [0, 0.05) is 25.2 Å². The van der Waals surface area contributed by atoms with Gasteiger partial charge in [-0.3, -0.25) is 4.98 Å². The zero-order valence-electron chi connectivity index (χ0n) is 13.9. The molecule has 130 valence electrons. The molecular weight excluding hydrogens is 326 g/mol. The van der Waals surface area contributed by atoms with Gasteiger partial charge in [0.15, 0.2) is 0 Å². The third kappa shape index (κ3) is 3.44. The van der Waals surface area contributed by atoms with Crippen LogP contribution in [0.25, 0.3) is 10.9 Å². The molecule has 1 aromatic carbocycles. The van der Waals surface area contributed by atoms with Crippen molar-refractivity contribution in [1.82, 2.24) is 14.0 Å². The first-order chi connectivity index (χ1) is 11.4. The van der Waals surface area contributed by atoms with Crippen LogP contribution < -0.4 is 4.72 Å². The van der Waals surface area contributed by atoms with Crippen LogP contribution in [0.5, 0.6) is 0 Å². The standard InChI is InChI=1S/C17H23N3O3S/c1-3-20(2)24(22,23)19-17(13-9-15(21)10-13)14-8-12-6-4-5-7-16(12)18-11-14/h4-8,11,13,15,17,19,21H,3,9-10H2,1-2H3. The maximum Gasteiger partial charge on any atom is 0.279 e. The van der Waals surface area contributed by atoms with Crippen LogP contribution >= 0.6 is 0 Å². The number of aromatic nitrogens is 1. The molecule has 1 saturated carbocycles. The lowest BCUT2D eigenvalue weighted by molar-refractivity contribution is 0.0277. The molecule has 1 fully saturated rings. The third-order valence-corrected chi connectivity index (χ3v) is 6.35. The van der Waals surface area contributed by atoms with Crippen LogP contribution in [-0.2, 0) is 10.2 Å². The van der Waals surface area contributed by atoms with Crippen molar-refractivity contribution in [2.75, 3.05) is 13.6 Å². The molecule has 1 aromatic heterocycles. The summed E-state index contributed by atoms with van der Waals surface area (Å²) in [6, 6.07) is 9.34. The Labute approximate surface area is 142 Å². The topological polar surface area (TPSA) is 82.5 Å². The van der Waals surface area contributed by atoms with Crippen molar-refractivity contribution in [2.45, 2.75) is 31.9 Å². The molecule has 1 aliphatic carbocycles. The molecule has 1 atom stereocenters. The van der Waals surface area contributed by atoms with Gasteiger partial charge in [0.25, 0.3) is 10.2 Å². The molecule has 7 heteroatoms. The summed E-state index contributed by atoms with van der Waals surface area (Å²) in [4.78, 5) is 4.45. The first-order valence-electron chi connectivity index (χ1n) is 8.17. The van der Waals surface area contributed by atoms with E-state index in [1.54, 1.807) is 20.2 Å². The fourth-order valence-corrected chi connectivity index (χ4v) is 4.19. The van der Waals surface area contributed by atoms with Gasteiger partial charge in [0.1, 0.15) is 0 Å². The first kappa shape index (κ1) is 17.3. The Morgan fingerprint density at radius 2 is 2.08 bits per heavy atom. The van der Waals surface area contributed by atoms with Gasteiger partial charge < -0.3 is 5.11 Å². The average Bonchev–Trinajstić information content (AvgIpc) is 2.56. The molecule has 2 N–H and O–H groups in total. The Hall–Kier alpha value is -1.54. The van der Waals surface area contributed by atoms with Gasteiger partial charge in [-0.05, 0) is 36.5 Å². The van der Waals surface area contributed by atoms with E-state index in [-0.39, 0.29) is 18.1 Å². The van der Waals surface area contributed by atoms with E-state index in [9.17, 15) is 13.5 Å². The molecule has 0 spiro atoms. The van der Waals surface area contributed by atoms with E-state index < -0.39 is 10.2 Å². The van der Waals surface area contributed by atoms with E-state index in [4.69, 9.17) is 0 Å². The zero-order chi connectivity index (χ0) is 17.3. The largest absolute Gasteiger partial charge is 0.393 e. The summed E-state index contributed by atoms with van der Waals surface area (Å²) in [6.45, 7) is 2.18. The number of hydrogen-bond acceptors (Lipinski definition) is 4. The Balaban J connectivity index is 1.94. The van der Waals surface area contributed by atoms with Gasteiger partial charge in [-0.15, -0.1) is 0 Å². The molecule has 0 bridgehead atoms. The van der Waals surface area contributed by atoms with E-state index in [1.807, 2.05) is 30.3 Å². The summed E-state index contributed by atoms with van der Waals surface area (Å²) in [6.07, 6.45) is 2.57. The number of benzene rings is 1. The minimum Gasteiger partial charge on any atom is -0.393 e. The van der Waals surface area contributed by atoms with Crippen molar-refractivity contribution in [2.24, 2.45) is 5.92 Å².